The van der Waals surface area contributed by atoms with Crippen LogP contribution >= 0.6 is 0 Å². The van der Waals surface area contributed by atoms with Crippen molar-refractivity contribution in [1.82, 2.24) is 4.90 Å². The third kappa shape index (κ3) is 4.44. The van der Waals surface area contributed by atoms with Gasteiger partial charge in [-0.05, 0) is 24.1 Å². The van der Waals surface area contributed by atoms with Crippen molar-refractivity contribution in [2.24, 2.45) is 11.8 Å². The van der Waals surface area contributed by atoms with Crippen molar-refractivity contribution in [3.63, 3.8) is 0 Å². The molecule has 0 saturated carbocycles. The molecular formula is C16H22FNO2. The van der Waals surface area contributed by atoms with Gasteiger partial charge in [-0.25, -0.2) is 4.39 Å². The van der Waals surface area contributed by atoms with Crippen LogP contribution in [0.3, 0.4) is 0 Å². The monoisotopic (exact) mass is 279 g/mol. The van der Waals surface area contributed by atoms with Gasteiger partial charge >= 0.3 is 0 Å². The molecule has 0 N–H and O–H groups in total. The van der Waals surface area contributed by atoms with Crippen LogP contribution in [0.1, 0.15) is 33.3 Å². The minimum atomic E-state index is -0.290. The Morgan fingerprint density at radius 2 is 1.45 bits per heavy atom. The average Bonchev–Trinajstić information content (AvgIpc) is 2.40. The van der Waals surface area contributed by atoms with Crippen molar-refractivity contribution in [1.29, 1.82) is 0 Å². The molecule has 0 unspecified atom stereocenters. The van der Waals surface area contributed by atoms with Crippen LogP contribution in [0.25, 0.3) is 0 Å². The highest BCUT2D eigenvalue weighted by Gasteiger charge is 2.25. The second-order valence-corrected chi connectivity index (χ2v) is 5.51. The van der Waals surface area contributed by atoms with Gasteiger partial charge in [0, 0.05) is 18.4 Å². The van der Waals surface area contributed by atoms with Crippen LogP contribution < -0.4 is 0 Å². The molecule has 0 atom stereocenters. The molecule has 0 heterocycles. The summed E-state index contributed by atoms with van der Waals surface area (Å²) in [5, 5.41) is 0. The Morgan fingerprint density at radius 1 is 1.00 bits per heavy atom. The Hall–Kier alpha value is -1.71. The molecule has 0 aliphatic heterocycles. The van der Waals surface area contributed by atoms with E-state index in [1.807, 2.05) is 0 Å². The fourth-order valence-corrected chi connectivity index (χ4v) is 1.84. The van der Waals surface area contributed by atoms with Gasteiger partial charge in [0.15, 0.2) is 0 Å². The van der Waals surface area contributed by atoms with Crippen LogP contribution in [0.4, 0.5) is 4.39 Å². The van der Waals surface area contributed by atoms with Crippen molar-refractivity contribution in [2.45, 2.75) is 34.1 Å². The molecule has 3 nitrogen and oxygen atoms in total. The number of nitrogens with zero attached hydrogens (tertiary/aromatic N) is 1. The first-order valence-electron chi connectivity index (χ1n) is 6.92. The molecule has 1 aromatic carbocycles. The molecule has 1 rings (SSSR count). The smallest absolute Gasteiger partial charge is 0.231 e. The molecule has 20 heavy (non-hydrogen) atoms. The Kier molecular flexibility index (Phi) is 5.86. The second-order valence-electron chi connectivity index (χ2n) is 5.51. The first-order chi connectivity index (χ1) is 9.32. The third-order valence-corrected chi connectivity index (χ3v) is 3.06. The van der Waals surface area contributed by atoms with E-state index in [4.69, 9.17) is 0 Å². The number of hydrogen-bond donors (Lipinski definition) is 0. The van der Waals surface area contributed by atoms with E-state index in [2.05, 4.69) is 0 Å². The van der Waals surface area contributed by atoms with Gasteiger partial charge < -0.3 is 0 Å². The standard InChI is InChI=1S/C16H22FNO2/c1-11(2)15(19)18(16(20)12(3)4)10-9-13-5-7-14(17)8-6-13/h5-8,11-12H,9-10H2,1-4H3. The summed E-state index contributed by atoms with van der Waals surface area (Å²) in [5.41, 5.74) is 0.907. The van der Waals surface area contributed by atoms with E-state index in [1.54, 1.807) is 39.8 Å². The maximum absolute atomic E-state index is 12.8. The maximum atomic E-state index is 12.8. The fraction of sp³-hybridized carbons (Fsp3) is 0.500. The Morgan fingerprint density at radius 3 is 1.85 bits per heavy atom. The summed E-state index contributed by atoms with van der Waals surface area (Å²) in [7, 11) is 0. The number of carbonyl (C=O) groups is 2. The molecule has 0 radical (unpaired) electrons. The van der Waals surface area contributed by atoms with Crippen molar-refractivity contribution >= 4 is 11.8 Å². The van der Waals surface area contributed by atoms with Crippen molar-refractivity contribution < 1.29 is 14.0 Å². The zero-order valence-electron chi connectivity index (χ0n) is 12.5. The van der Waals surface area contributed by atoms with Gasteiger partial charge in [-0.1, -0.05) is 39.8 Å². The van der Waals surface area contributed by atoms with Crippen LogP contribution in [-0.4, -0.2) is 23.3 Å². The molecular weight excluding hydrogens is 257 g/mol. The summed E-state index contributed by atoms with van der Waals surface area (Å²) in [6, 6.07) is 6.11. The molecule has 0 aliphatic rings. The van der Waals surface area contributed by atoms with Crippen LogP contribution in [0.2, 0.25) is 0 Å². The molecule has 0 aromatic heterocycles. The van der Waals surface area contributed by atoms with Crippen LogP contribution in [0.15, 0.2) is 24.3 Å². The average molecular weight is 279 g/mol. The normalized spacial score (nSPS) is 10.9. The summed E-state index contributed by atoms with van der Waals surface area (Å²) in [4.78, 5) is 25.5. The molecule has 0 aliphatic carbocycles. The zero-order chi connectivity index (χ0) is 15.3. The molecule has 0 spiro atoms. The van der Waals surface area contributed by atoms with Crippen molar-refractivity contribution in [3.05, 3.63) is 35.6 Å². The maximum Gasteiger partial charge on any atom is 0.231 e. The lowest BCUT2D eigenvalue weighted by molar-refractivity contribution is -0.148. The van der Waals surface area contributed by atoms with Gasteiger partial charge in [-0.15, -0.1) is 0 Å². The Labute approximate surface area is 119 Å². The lowest BCUT2D eigenvalue weighted by atomic mass is 10.1. The Bertz CT molecular complexity index is 446. The van der Waals surface area contributed by atoms with E-state index in [9.17, 15) is 14.0 Å². The fourth-order valence-electron chi connectivity index (χ4n) is 1.84. The van der Waals surface area contributed by atoms with Crippen molar-refractivity contribution in [2.75, 3.05) is 6.54 Å². The number of rotatable bonds is 5. The third-order valence-electron chi connectivity index (χ3n) is 3.06. The largest absolute Gasteiger partial charge is 0.282 e. The topological polar surface area (TPSA) is 37.4 Å². The SMILES string of the molecule is CC(C)C(=O)N(CCc1ccc(F)cc1)C(=O)C(C)C. The summed E-state index contributed by atoms with van der Waals surface area (Å²) >= 11 is 0. The van der Waals surface area contributed by atoms with Crippen molar-refractivity contribution in [3.8, 4) is 0 Å². The second kappa shape index (κ2) is 7.17. The van der Waals surface area contributed by atoms with Gasteiger partial charge in [-0.2, -0.15) is 0 Å². The van der Waals surface area contributed by atoms with Gasteiger partial charge in [0.05, 0.1) is 0 Å². The first-order valence-corrected chi connectivity index (χ1v) is 6.92. The highest BCUT2D eigenvalue weighted by atomic mass is 19.1. The predicted octanol–water partition coefficient (Wildman–Crippen LogP) is 3.04. The first kappa shape index (κ1) is 16.3. The molecule has 0 bridgehead atoms. The van der Waals surface area contributed by atoms with Gasteiger partial charge in [-0.3, -0.25) is 14.5 Å². The van der Waals surface area contributed by atoms with E-state index in [0.29, 0.717) is 13.0 Å². The van der Waals surface area contributed by atoms with Crippen LogP contribution in [0.5, 0.6) is 0 Å². The molecule has 110 valence electrons. The Balaban J connectivity index is 2.77. The number of halogens is 1. The molecule has 0 fully saturated rings. The molecule has 2 amide bonds. The highest BCUT2D eigenvalue weighted by molar-refractivity contribution is 5.96. The number of hydrogen-bond acceptors (Lipinski definition) is 2. The predicted molar refractivity (Wildman–Crippen MR) is 76.5 cm³/mol. The highest BCUT2D eigenvalue weighted by Crippen LogP contribution is 2.10. The number of benzene rings is 1. The van der Waals surface area contributed by atoms with E-state index in [1.165, 1.54) is 17.0 Å². The molecule has 0 saturated heterocycles. The lowest BCUT2D eigenvalue weighted by Gasteiger charge is -2.24. The number of carbonyl (C=O) groups excluding carboxylic acids is 2. The number of imide groups is 1. The van der Waals surface area contributed by atoms with Crippen LogP contribution in [-0.2, 0) is 16.0 Å². The summed E-state index contributed by atoms with van der Waals surface area (Å²) < 4.78 is 12.8. The minimum Gasteiger partial charge on any atom is -0.282 e. The molecule has 4 heteroatoms. The summed E-state index contributed by atoms with van der Waals surface area (Å²) in [6.45, 7) is 7.45. The zero-order valence-corrected chi connectivity index (χ0v) is 12.5. The summed E-state index contributed by atoms with van der Waals surface area (Å²) in [6.07, 6.45) is 0.539. The van der Waals surface area contributed by atoms with Crippen LogP contribution in [0, 0.1) is 17.7 Å². The quantitative estimate of drug-likeness (QED) is 0.830. The minimum absolute atomic E-state index is 0.161. The summed E-state index contributed by atoms with van der Waals surface area (Å²) in [5.74, 6) is -1.05. The molecule has 1 aromatic rings. The van der Waals surface area contributed by atoms with E-state index >= 15 is 0 Å². The van der Waals surface area contributed by atoms with Gasteiger partial charge in [0.1, 0.15) is 5.82 Å². The van der Waals surface area contributed by atoms with Gasteiger partial charge in [0.2, 0.25) is 11.8 Å². The van der Waals surface area contributed by atoms with Gasteiger partial charge in [0.25, 0.3) is 0 Å². The van der Waals surface area contributed by atoms with E-state index in [-0.39, 0.29) is 29.5 Å². The van der Waals surface area contributed by atoms with E-state index in [0.717, 1.165) is 5.56 Å². The number of amides is 2. The van der Waals surface area contributed by atoms with E-state index < -0.39 is 0 Å². The lowest BCUT2D eigenvalue weighted by Crippen LogP contribution is -2.42.